The molecular weight excluding hydrogens is 162 g/mol. The summed E-state index contributed by atoms with van der Waals surface area (Å²) in [6.07, 6.45) is 0.111. The average molecular weight is 171 g/mol. The quantitative estimate of drug-likeness (QED) is 0.462. The third-order valence-electron chi connectivity index (χ3n) is 1.53. The highest BCUT2D eigenvalue weighted by Crippen LogP contribution is 2.10. The van der Waals surface area contributed by atoms with Crippen LogP contribution >= 0.6 is 0 Å². The number of carbonyl (C=O) groups excluding carboxylic acids is 2. The molecule has 0 saturated carbocycles. The lowest BCUT2D eigenvalue weighted by Gasteiger charge is -2.09. The number of hydrogen-bond donors (Lipinski definition) is 1. The van der Waals surface area contributed by atoms with Crippen LogP contribution in [0.25, 0.3) is 0 Å². The van der Waals surface area contributed by atoms with Crippen LogP contribution < -0.4 is 5.32 Å². The molecule has 12 heavy (non-hydrogen) atoms. The van der Waals surface area contributed by atoms with Gasteiger partial charge in [0.2, 0.25) is 0 Å². The molecule has 5 nitrogen and oxygen atoms in total. The van der Waals surface area contributed by atoms with Crippen LogP contribution in [-0.2, 0) is 14.3 Å². The van der Waals surface area contributed by atoms with Gasteiger partial charge in [-0.05, 0) is 6.08 Å². The Hall–Kier alpha value is -1.52. The molecule has 66 valence electrons. The van der Waals surface area contributed by atoms with E-state index >= 15 is 0 Å². The molecule has 1 fully saturated rings. The molecule has 1 amide bonds. The highest BCUT2D eigenvalue weighted by atomic mass is 16.6. The Morgan fingerprint density at radius 2 is 2.50 bits per heavy atom. The van der Waals surface area contributed by atoms with Gasteiger partial charge in [0.1, 0.15) is 0 Å². The minimum Gasteiger partial charge on any atom is -0.467 e. The van der Waals surface area contributed by atoms with Crippen molar-refractivity contribution in [2.45, 2.75) is 12.1 Å². The van der Waals surface area contributed by atoms with Crippen LogP contribution in [0, 0.1) is 0 Å². The van der Waals surface area contributed by atoms with Gasteiger partial charge in [-0.3, -0.25) is 0 Å². The maximum atomic E-state index is 11.0. The second-order valence-corrected chi connectivity index (χ2v) is 2.25. The van der Waals surface area contributed by atoms with Gasteiger partial charge in [-0.1, -0.05) is 6.58 Å². The zero-order valence-corrected chi connectivity index (χ0v) is 6.57. The van der Waals surface area contributed by atoms with Gasteiger partial charge in [-0.15, -0.1) is 0 Å². The predicted molar refractivity (Wildman–Crippen MR) is 39.4 cm³/mol. The smallest absolute Gasteiger partial charge is 0.408 e. The van der Waals surface area contributed by atoms with Gasteiger partial charge in [0.15, 0.2) is 12.1 Å². The van der Waals surface area contributed by atoms with Crippen LogP contribution in [0.15, 0.2) is 12.7 Å². The number of cyclic esters (lactones) is 1. The average Bonchev–Trinajstić information content (AvgIpc) is 2.45. The van der Waals surface area contributed by atoms with Crippen LogP contribution in [0.5, 0.6) is 0 Å². The van der Waals surface area contributed by atoms with Crippen LogP contribution in [-0.4, -0.2) is 31.3 Å². The minimum atomic E-state index is -0.764. The van der Waals surface area contributed by atoms with Gasteiger partial charge in [0.05, 0.1) is 7.11 Å². The summed E-state index contributed by atoms with van der Waals surface area (Å²) in [4.78, 5) is 21.6. The first-order valence-corrected chi connectivity index (χ1v) is 3.36. The van der Waals surface area contributed by atoms with Crippen LogP contribution in [0.4, 0.5) is 4.79 Å². The number of rotatable bonds is 2. The van der Waals surface area contributed by atoms with Crippen molar-refractivity contribution in [3.8, 4) is 0 Å². The van der Waals surface area contributed by atoms with Crippen LogP contribution in [0.2, 0.25) is 0 Å². The van der Waals surface area contributed by atoms with Crippen LogP contribution in [0.3, 0.4) is 0 Å². The molecule has 0 bridgehead atoms. The largest absolute Gasteiger partial charge is 0.467 e. The second-order valence-electron chi connectivity index (χ2n) is 2.25. The monoisotopic (exact) mass is 171 g/mol. The van der Waals surface area contributed by atoms with E-state index in [1.165, 1.54) is 13.2 Å². The zero-order chi connectivity index (χ0) is 9.14. The number of alkyl carbamates (subject to hydrolysis) is 1. The molecule has 1 aliphatic heterocycles. The van der Waals surface area contributed by atoms with Crippen molar-refractivity contribution in [2.24, 2.45) is 0 Å². The Labute approximate surface area is 69.3 Å². The van der Waals surface area contributed by atoms with Crippen molar-refractivity contribution in [3.63, 3.8) is 0 Å². The van der Waals surface area contributed by atoms with Gasteiger partial charge in [0.25, 0.3) is 0 Å². The summed E-state index contributed by atoms with van der Waals surface area (Å²) in [7, 11) is 1.24. The SMILES string of the molecule is C=C[C@@H]1OC(=O)N[C@@H]1C(=O)OC. The molecule has 0 aromatic carbocycles. The first-order chi connectivity index (χ1) is 5.69. The van der Waals surface area contributed by atoms with Crippen molar-refractivity contribution in [3.05, 3.63) is 12.7 Å². The fourth-order valence-corrected chi connectivity index (χ4v) is 0.939. The fraction of sp³-hybridized carbons (Fsp3) is 0.429. The molecule has 0 spiro atoms. The molecule has 1 rings (SSSR count). The van der Waals surface area contributed by atoms with E-state index in [1.54, 1.807) is 0 Å². The van der Waals surface area contributed by atoms with Crippen molar-refractivity contribution in [1.29, 1.82) is 0 Å². The third-order valence-corrected chi connectivity index (χ3v) is 1.53. The van der Waals surface area contributed by atoms with E-state index < -0.39 is 24.2 Å². The van der Waals surface area contributed by atoms with E-state index in [0.29, 0.717) is 0 Å². The Kier molecular flexibility index (Phi) is 2.32. The fourth-order valence-electron chi connectivity index (χ4n) is 0.939. The number of carbonyl (C=O) groups is 2. The Balaban J connectivity index is 2.69. The predicted octanol–water partition coefficient (Wildman–Crippen LogP) is -0.178. The van der Waals surface area contributed by atoms with E-state index in [4.69, 9.17) is 0 Å². The van der Waals surface area contributed by atoms with E-state index in [1.807, 2.05) is 0 Å². The van der Waals surface area contributed by atoms with Gasteiger partial charge < -0.3 is 14.8 Å². The van der Waals surface area contributed by atoms with Gasteiger partial charge in [-0.2, -0.15) is 0 Å². The highest BCUT2D eigenvalue weighted by Gasteiger charge is 2.37. The van der Waals surface area contributed by atoms with Gasteiger partial charge in [-0.25, -0.2) is 9.59 Å². The number of ether oxygens (including phenoxy) is 2. The number of nitrogens with one attached hydrogen (secondary N) is 1. The topological polar surface area (TPSA) is 64.6 Å². The molecule has 0 aliphatic carbocycles. The maximum absolute atomic E-state index is 11.0. The summed E-state index contributed by atoms with van der Waals surface area (Å²) in [5.74, 6) is -0.536. The van der Waals surface area contributed by atoms with Gasteiger partial charge in [0, 0.05) is 0 Å². The van der Waals surface area contributed by atoms with Crippen molar-refractivity contribution >= 4 is 12.1 Å². The summed E-state index contributed by atoms with van der Waals surface area (Å²) in [6, 6.07) is -0.764. The lowest BCUT2D eigenvalue weighted by atomic mass is 10.2. The molecule has 1 N–H and O–H groups in total. The van der Waals surface area contributed by atoms with Crippen molar-refractivity contribution < 1.29 is 19.1 Å². The molecule has 1 aliphatic rings. The van der Waals surface area contributed by atoms with E-state index in [9.17, 15) is 9.59 Å². The molecule has 0 aromatic rings. The Morgan fingerprint density at radius 1 is 1.83 bits per heavy atom. The zero-order valence-electron chi connectivity index (χ0n) is 6.57. The highest BCUT2D eigenvalue weighted by molar-refractivity contribution is 5.85. The third kappa shape index (κ3) is 1.39. The number of esters is 1. The summed E-state index contributed by atoms with van der Waals surface area (Å²) < 4.78 is 9.11. The summed E-state index contributed by atoms with van der Waals surface area (Å²) in [6.45, 7) is 3.42. The van der Waals surface area contributed by atoms with Crippen molar-refractivity contribution in [2.75, 3.05) is 7.11 Å². The molecule has 1 saturated heterocycles. The van der Waals surface area contributed by atoms with Gasteiger partial charge >= 0.3 is 12.1 Å². The minimum absolute atomic E-state index is 0.536. The van der Waals surface area contributed by atoms with E-state index in [2.05, 4.69) is 21.4 Å². The first-order valence-electron chi connectivity index (χ1n) is 3.36. The van der Waals surface area contributed by atoms with Crippen molar-refractivity contribution in [1.82, 2.24) is 5.32 Å². The Bertz CT molecular complexity index is 225. The number of methoxy groups -OCH3 is 1. The second kappa shape index (κ2) is 3.25. The maximum Gasteiger partial charge on any atom is 0.408 e. The van der Waals surface area contributed by atoms with E-state index in [-0.39, 0.29) is 0 Å². The summed E-state index contributed by atoms with van der Waals surface area (Å²) in [5, 5.41) is 2.30. The molecule has 5 heteroatoms. The summed E-state index contributed by atoms with van der Waals surface area (Å²) in [5.41, 5.74) is 0. The lowest BCUT2D eigenvalue weighted by Crippen LogP contribution is -2.39. The normalized spacial score (nSPS) is 27.2. The molecule has 1 heterocycles. The molecule has 0 aromatic heterocycles. The molecular formula is C7H9NO4. The number of hydrogen-bond acceptors (Lipinski definition) is 4. The molecule has 0 radical (unpaired) electrons. The lowest BCUT2D eigenvalue weighted by molar-refractivity contribution is -0.143. The molecule has 2 atom stereocenters. The number of amides is 1. The Morgan fingerprint density at radius 3 is 3.00 bits per heavy atom. The standard InChI is InChI=1S/C7H9NO4/c1-3-4-5(6(9)11-2)8-7(10)12-4/h3-5H,1H2,2H3,(H,8,10)/t4-,5-/m0/s1. The van der Waals surface area contributed by atoms with E-state index in [0.717, 1.165) is 0 Å². The first kappa shape index (κ1) is 8.58. The molecule has 0 unspecified atom stereocenters. The summed E-state index contributed by atoms with van der Waals surface area (Å²) >= 11 is 0. The van der Waals surface area contributed by atoms with Crippen LogP contribution in [0.1, 0.15) is 0 Å².